The highest BCUT2D eigenvalue weighted by atomic mass is 32.2. The summed E-state index contributed by atoms with van der Waals surface area (Å²) >= 11 is 1.53. The fourth-order valence-electron chi connectivity index (χ4n) is 2.40. The molecule has 124 valence electrons. The molecule has 2 aromatic heterocycles. The third kappa shape index (κ3) is 3.83. The van der Waals surface area contributed by atoms with Gasteiger partial charge in [0.25, 0.3) is 0 Å². The Morgan fingerprint density at radius 1 is 1.17 bits per heavy atom. The van der Waals surface area contributed by atoms with Crippen molar-refractivity contribution in [3.8, 4) is 22.5 Å². The zero-order chi connectivity index (χ0) is 16.9. The summed E-state index contributed by atoms with van der Waals surface area (Å²) in [5, 5.41) is 15.1. The van der Waals surface area contributed by atoms with Crippen LogP contribution < -0.4 is 0 Å². The molecule has 0 fully saturated rings. The quantitative estimate of drug-likeness (QED) is 0.549. The molecule has 3 aromatic rings. The second-order valence-corrected chi connectivity index (χ2v) is 6.27. The van der Waals surface area contributed by atoms with Gasteiger partial charge in [-0.1, -0.05) is 36.9 Å². The van der Waals surface area contributed by atoms with Crippen LogP contribution in [0.15, 0.2) is 53.9 Å². The van der Waals surface area contributed by atoms with Crippen molar-refractivity contribution in [1.82, 2.24) is 19.7 Å². The molecule has 3 rings (SSSR count). The minimum absolute atomic E-state index is 0.366. The number of hydrogen-bond donors (Lipinski definition) is 1. The van der Waals surface area contributed by atoms with Crippen LogP contribution in [0, 0.1) is 0 Å². The Bertz CT molecular complexity index is 818. The van der Waals surface area contributed by atoms with E-state index in [0.29, 0.717) is 6.54 Å². The molecular weight excluding hydrogens is 320 g/mol. The summed E-state index contributed by atoms with van der Waals surface area (Å²) in [4.78, 5) is 8.76. The van der Waals surface area contributed by atoms with Crippen LogP contribution >= 0.6 is 11.8 Å². The fourth-order valence-corrected chi connectivity index (χ4v) is 2.76. The van der Waals surface area contributed by atoms with Gasteiger partial charge in [0.1, 0.15) is 0 Å². The molecule has 0 bridgehead atoms. The summed E-state index contributed by atoms with van der Waals surface area (Å²) in [6, 6.07) is 12.0. The molecule has 0 amide bonds. The number of nitrogens with zero attached hydrogens (tertiary/aromatic N) is 4. The maximum Gasteiger partial charge on any atom is 0.187 e. The standard InChI is InChI=1S/C18H20N4OS/c1-3-15(23)12-22-10-8-17(21-22)14-6-4-5-13(11-14)16-7-9-19-18(20-16)24-2/h4-11,15,23H,3,12H2,1-2H3/t15-/m1/s1. The summed E-state index contributed by atoms with van der Waals surface area (Å²) in [6.07, 6.45) is 6.00. The van der Waals surface area contributed by atoms with Crippen LogP contribution in [0.4, 0.5) is 0 Å². The van der Waals surface area contributed by atoms with Gasteiger partial charge >= 0.3 is 0 Å². The predicted octanol–water partition coefficient (Wildman–Crippen LogP) is 3.50. The van der Waals surface area contributed by atoms with Crippen LogP contribution in [0.2, 0.25) is 0 Å². The topological polar surface area (TPSA) is 63.8 Å². The van der Waals surface area contributed by atoms with Crippen molar-refractivity contribution in [1.29, 1.82) is 0 Å². The number of aliphatic hydroxyl groups excluding tert-OH is 1. The van der Waals surface area contributed by atoms with E-state index in [1.54, 1.807) is 10.9 Å². The lowest BCUT2D eigenvalue weighted by atomic mass is 10.1. The Morgan fingerprint density at radius 3 is 2.71 bits per heavy atom. The predicted molar refractivity (Wildman–Crippen MR) is 96.8 cm³/mol. The van der Waals surface area contributed by atoms with E-state index < -0.39 is 0 Å². The van der Waals surface area contributed by atoms with Gasteiger partial charge in [-0.25, -0.2) is 9.97 Å². The van der Waals surface area contributed by atoms with Gasteiger partial charge in [0.2, 0.25) is 0 Å². The Morgan fingerprint density at radius 2 is 1.96 bits per heavy atom. The highest BCUT2D eigenvalue weighted by molar-refractivity contribution is 7.98. The average Bonchev–Trinajstić information content (AvgIpc) is 3.10. The second kappa shape index (κ2) is 7.59. The molecule has 24 heavy (non-hydrogen) atoms. The largest absolute Gasteiger partial charge is 0.391 e. The van der Waals surface area contributed by atoms with Crippen LogP contribution in [0.3, 0.4) is 0 Å². The number of benzene rings is 1. The molecule has 0 radical (unpaired) electrons. The van der Waals surface area contributed by atoms with Gasteiger partial charge in [0, 0.05) is 23.5 Å². The van der Waals surface area contributed by atoms with Crippen LogP contribution in [0.1, 0.15) is 13.3 Å². The van der Waals surface area contributed by atoms with Crippen LogP contribution in [0.25, 0.3) is 22.5 Å². The normalized spacial score (nSPS) is 12.3. The van der Waals surface area contributed by atoms with Gasteiger partial charge in [-0.3, -0.25) is 4.68 Å². The van der Waals surface area contributed by atoms with Gasteiger partial charge < -0.3 is 5.11 Å². The Hall–Kier alpha value is -2.18. The Labute approximate surface area is 145 Å². The van der Waals surface area contributed by atoms with Crippen molar-refractivity contribution >= 4 is 11.8 Å². The van der Waals surface area contributed by atoms with Crippen molar-refractivity contribution < 1.29 is 5.11 Å². The molecule has 1 N–H and O–H groups in total. The maximum absolute atomic E-state index is 9.76. The lowest BCUT2D eigenvalue weighted by Crippen LogP contribution is -2.14. The molecule has 0 saturated carbocycles. The number of thioether (sulfide) groups is 1. The van der Waals surface area contributed by atoms with Crippen molar-refractivity contribution in [2.75, 3.05) is 6.26 Å². The molecule has 1 atom stereocenters. The first kappa shape index (κ1) is 16.7. The number of aromatic nitrogens is 4. The summed E-state index contributed by atoms with van der Waals surface area (Å²) in [5.41, 5.74) is 3.85. The number of aliphatic hydroxyl groups is 1. The Balaban J connectivity index is 1.87. The second-order valence-electron chi connectivity index (χ2n) is 5.49. The molecule has 0 aliphatic carbocycles. The monoisotopic (exact) mass is 340 g/mol. The summed E-state index contributed by atoms with van der Waals surface area (Å²) < 4.78 is 1.78. The molecule has 2 heterocycles. The van der Waals surface area contributed by atoms with E-state index >= 15 is 0 Å². The minimum atomic E-state index is -0.366. The Kier molecular flexibility index (Phi) is 5.27. The molecular formula is C18H20N4OS. The summed E-state index contributed by atoms with van der Waals surface area (Å²) in [6.45, 7) is 2.47. The van der Waals surface area contributed by atoms with Crippen molar-refractivity contribution in [3.05, 3.63) is 48.8 Å². The number of rotatable bonds is 6. The number of hydrogen-bond acceptors (Lipinski definition) is 5. The van der Waals surface area contributed by atoms with E-state index in [0.717, 1.165) is 34.1 Å². The van der Waals surface area contributed by atoms with E-state index in [1.165, 1.54) is 11.8 Å². The van der Waals surface area contributed by atoms with E-state index in [9.17, 15) is 5.11 Å². The highest BCUT2D eigenvalue weighted by Gasteiger charge is 2.08. The fraction of sp³-hybridized carbons (Fsp3) is 0.278. The van der Waals surface area contributed by atoms with E-state index in [1.807, 2.05) is 49.7 Å². The lowest BCUT2D eigenvalue weighted by molar-refractivity contribution is 0.145. The zero-order valence-electron chi connectivity index (χ0n) is 13.8. The van der Waals surface area contributed by atoms with E-state index in [-0.39, 0.29) is 6.10 Å². The molecule has 0 aliphatic rings. The maximum atomic E-state index is 9.76. The molecule has 0 spiro atoms. The average molecular weight is 340 g/mol. The SMILES string of the molecule is CC[C@@H](O)Cn1ccc(-c2cccc(-c3ccnc(SC)n3)c2)n1. The highest BCUT2D eigenvalue weighted by Crippen LogP contribution is 2.25. The molecule has 1 aromatic carbocycles. The van der Waals surface area contributed by atoms with Gasteiger partial charge in [-0.2, -0.15) is 5.10 Å². The molecule has 0 aliphatic heterocycles. The van der Waals surface area contributed by atoms with Crippen molar-refractivity contribution in [3.63, 3.8) is 0 Å². The molecule has 0 saturated heterocycles. The molecule has 0 unspecified atom stereocenters. The van der Waals surface area contributed by atoms with Crippen LogP contribution in [-0.4, -0.2) is 37.2 Å². The smallest absolute Gasteiger partial charge is 0.187 e. The molecule has 6 heteroatoms. The van der Waals surface area contributed by atoms with E-state index in [4.69, 9.17) is 0 Å². The van der Waals surface area contributed by atoms with Gasteiger partial charge in [0.15, 0.2) is 5.16 Å². The third-order valence-electron chi connectivity index (χ3n) is 3.78. The first-order valence-corrected chi connectivity index (χ1v) is 9.11. The summed E-state index contributed by atoms with van der Waals surface area (Å²) in [5.74, 6) is 0. The lowest BCUT2D eigenvalue weighted by Gasteiger charge is -2.07. The summed E-state index contributed by atoms with van der Waals surface area (Å²) in [7, 11) is 0. The first-order valence-electron chi connectivity index (χ1n) is 7.89. The van der Waals surface area contributed by atoms with Gasteiger partial charge in [-0.15, -0.1) is 0 Å². The van der Waals surface area contributed by atoms with Crippen LogP contribution in [0.5, 0.6) is 0 Å². The minimum Gasteiger partial charge on any atom is -0.391 e. The van der Waals surface area contributed by atoms with Crippen molar-refractivity contribution in [2.45, 2.75) is 31.1 Å². The third-order valence-corrected chi connectivity index (χ3v) is 4.34. The van der Waals surface area contributed by atoms with Crippen LogP contribution in [-0.2, 0) is 6.54 Å². The van der Waals surface area contributed by atoms with Gasteiger partial charge in [-0.05, 0) is 30.9 Å². The first-order chi connectivity index (χ1) is 11.7. The van der Waals surface area contributed by atoms with E-state index in [2.05, 4.69) is 21.1 Å². The van der Waals surface area contributed by atoms with Crippen molar-refractivity contribution in [2.24, 2.45) is 0 Å². The zero-order valence-corrected chi connectivity index (χ0v) is 14.6. The van der Waals surface area contributed by atoms with Gasteiger partial charge in [0.05, 0.1) is 24.0 Å². The molecule has 5 nitrogen and oxygen atoms in total.